The van der Waals surface area contributed by atoms with E-state index in [0.29, 0.717) is 22.7 Å². The fourth-order valence-electron chi connectivity index (χ4n) is 4.57. The SMILES string of the molecule is CC(C)Nc1ncc2cc(-c3cccc(N(C=O)c4ccnc(N5CCCCC5)c4)c3)c(O)cc2n1. The summed E-state index contributed by atoms with van der Waals surface area (Å²) in [4.78, 5) is 29.5. The van der Waals surface area contributed by atoms with Crippen LogP contribution in [-0.2, 0) is 4.79 Å². The predicted molar refractivity (Wildman–Crippen MR) is 144 cm³/mol. The summed E-state index contributed by atoms with van der Waals surface area (Å²) in [5, 5.41) is 14.8. The Balaban J connectivity index is 1.47. The van der Waals surface area contributed by atoms with Crippen LogP contribution in [0.3, 0.4) is 0 Å². The Kier molecular flexibility index (Phi) is 6.66. The molecule has 0 saturated carbocycles. The van der Waals surface area contributed by atoms with Crippen LogP contribution in [0.2, 0.25) is 0 Å². The van der Waals surface area contributed by atoms with Crippen molar-refractivity contribution in [1.82, 2.24) is 15.0 Å². The molecule has 36 heavy (non-hydrogen) atoms. The zero-order valence-corrected chi connectivity index (χ0v) is 20.6. The number of nitrogens with zero attached hydrogens (tertiary/aromatic N) is 5. The van der Waals surface area contributed by atoms with Crippen molar-refractivity contribution in [2.75, 3.05) is 28.2 Å². The molecule has 4 aromatic rings. The molecule has 1 saturated heterocycles. The van der Waals surface area contributed by atoms with Crippen LogP contribution in [0.4, 0.5) is 23.1 Å². The largest absolute Gasteiger partial charge is 0.507 e. The summed E-state index contributed by atoms with van der Waals surface area (Å²) in [7, 11) is 0. The summed E-state index contributed by atoms with van der Waals surface area (Å²) >= 11 is 0. The van der Waals surface area contributed by atoms with E-state index in [1.165, 1.54) is 6.42 Å². The Hall–Kier alpha value is -4.20. The molecule has 1 aliphatic heterocycles. The van der Waals surface area contributed by atoms with Crippen LogP contribution in [0.1, 0.15) is 33.1 Å². The molecule has 0 unspecified atom stereocenters. The number of amides is 1. The van der Waals surface area contributed by atoms with Gasteiger partial charge in [0, 0.05) is 60.3 Å². The average Bonchev–Trinajstić information content (AvgIpc) is 2.89. The Morgan fingerprint density at radius 2 is 1.83 bits per heavy atom. The van der Waals surface area contributed by atoms with Gasteiger partial charge in [0.15, 0.2) is 0 Å². The first kappa shape index (κ1) is 23.5. The average molecular weight is 483 g/mol. The molecular formula is C28H30N6O2. The van der Waals surface area contributed by atoms with Crippen LogP contribution in [0, 0.1) is 0 Å². The molecule has 0 bridgehead atoms. The van der Waals surface area contributed by atoms with Crippen molar-refractivity contribution in [3.8, 4) is 16.9 Å². The maximum Gasteiger partial charge on any atom is 0.223 e. The number of carbonyl (C=O) groups excluding carboxylic acids is 1. The van der Waals surface area contributed by atoms with Gasteiger partial charge in [0.25, 0.3) is 0 Å². The van der Waals surface area contributed by atoms with Gasteiger partial charge in [-0.05, 0) is 62.9 Å². The number of anilines is 4. The van der Waals surface area contributed by atoms with Crippen molar-refractivity contribution in [2.24, 2.45) is 0 Å². The highest BCUT2D eigenvalue weighted by atomic mass is 16.3. The molecule has 8 heteroatoms. The summed E-state index contributed by atoms with van der Waals surface area (Å²) in [5.74, 6) is 1.52. The highest BCUT2D eigenvalue weighted by Crippen LogP contribution is 2.36. The fourth-order valence-corrected chi connectivity index (χ4v) is 4.57. The quantitative estimate of drug-likeness (QED) is 0.336. The normalized spacial score (nSPS) is 13.7. The molecular weight excluding hydrogens is 452 g/mol. The van der Waals surface area contributed by atoms with Gasteiger partial charge in [0.1, 0.15) is 11.6 Å². The molecule has 2 aromatic carbocycles. The van der Waals surface area contributed by atoms with Gasteiger partial charge in [0.2, 0.25) is 12.4 Å². The molecule has 0 atom stereocenters. The number of pyridine rings is 1. The minimum atomic E-state index is 0.114. The Morgan fingerprint density at radius 3 is 2.61 bits per heavy atom. The maximum atomic E-state index is 12.2. The van der Waals surface area contributed by atoms with Crippen LogP contribution < -0.4 is 15.1 Å². The first-order valence-electron chi connectivity index (χ1n) is 12.3. The Bertz CT molecular complexity index is 1380. The lowest BCUT2D eigenvalue weighted by Crippen LogP contribution is -2.30. The molecule has 2 aromatic heterocycles. The molecule has 0 aliphatic carbocycles. The number of nitrogens with one attached hydrogen (secondary N) is 1. The van der Waals surface area contributed by atoms with E-state index < -0.39 is 0 Å². The number of phenolic OH excluding ortho intramolecular Hbond substituents is 1. The van der Waals surface area contributed by atoms with Crippen molar-refractivity contribution in [1.29, 1.82) is 0 Å². The first-order valence-corrected chi connectivity index (χ1v) is 12.3. The third-order valence-electron chi connectivity index (χ3n) is 6.34. The topological polar surface area (TPSA) is 94.5 Å². The molecule has 5 rings (SSSR count). The second-order valence-corrected chi connectivity index (χ2v) is 9.37. The van der Waals surface area contributed by atoms with Gasteiger partial charge in [-0.1, -0.05) is 12.1 Å². The van der Waals surface area contributed by atoms with E-state index in [4.69, 9.17) is 0 Å². The number of carbonyl (C=O) groups is 1. The van der Waals surface area contributed by atoms with Gasteiger partial charge < -0.3 is 15.3 Å². The van der Waals surface area contributed by atoms with Crippen LogP contribution in [0.25, 0.3) is 22.0 Å². The number of aromatic hydroxyl groups is 1. The van der Waals surface area contributed by atoms with Crippen LogP contribution in [0.5, 0.6) is 5.75 Å². The second-order valence-electron chi connectivity index (χ2n) is 9.37. The lowest BCUT2D eigenvalue weighted by Gasteiger charge is -2.28. The number of hydrogen-bond donors (Lipinski definition) is 2. The minimum Gasteiger partial charge on any atom is -0.507 e. The van der Waals surface area contributed by atoms with E-state index in [0.717, 1.165) is 54.8 Å². The van der Waals surface area contributed by atoms with Gasteiger partial charge in [0.05, 0.1) is 11.2 Å². The Morgan fingerprint density at radius 1 is 1.03 bits per heavy atom. The van der Waals surface area contributed by atoms with Gasteiger partial charge in [-0.3, -0.25) is 9.69 Å². The highest BCUT2D eigenvalue weighted by Gasteiger charge is 2.16. The van der Waals surface area contributed by atoms with Gasteiger partial charge >= 0.3 is 0 Å². The van der Waals surface area contributed by atoms with Crippen molar-refractivity contribution in [2.45, 2.75) is 39.2 Å². The standard InChI is InChI=1S/C28H30N6O2/c1-19(2)31-28-30-17-21-14-24(26(36)16-25(21)32-28)20-7-6-8-22(13-20)34(18-35)23-9-10-29-27(15-23)33-11-4-3-5-12-33/h6-10,13-19,36H,3-5,11-12H2,1-2H3,(H,30,31,32). The Labute approximate surface area is 210 Å². The number of benzene rings is 2. The van der Waals surface area contributed by atoms with Crippen molar-refractivity contribution in [3.63, 3.8) is 0 Å². The number of rotatable bonds is 7. The smallest absolute Gasteiger partial charge is 0.223 e. The van der Waals surface area contributed by atoms with Gasteiger partial charge in [-0.15, -0.1) is 0 Å². The van der Waals surface area contributed by atoms with E-state index in [1.807, 2.05) is 56.3 Å². The molecule has 0 spiro atoms. The molecule has 1 fully saturated rings. The predicted octanol–water partition coefficient (Wildman–Crippen LogP) is 5.50. The summed E-state index contributed by atoms with van der Waals surface area (Å²) in [5.41, 5.74) is 3.53. The van der Waals surface area contributed by atoms with Gasteiger partial charge in [-0.2, -0.15) is 0 Å². The molecule has 8 nitrogen and oxygen atoms in total. The monoisotopic (exact) mass is 482 g/mol. The molecule has 3 heterocycles. The third kappa shape index (κ3) is 4.93. The fraction of sp³-hybridized carbons (Fsp3) is 0.286. The lowest BCUT2D eigenvalue weighted by atomic mass is 10.0. The van der Waals surface area contributed by atoms with Gasteiger partial charge in [-0.25, -0.2) is 15.0 Å². The number of hydrogen-bond acceptors (Lipinski definition) is 7. The number of aromatic nitrogens is 3. The third-order valence-corrected chi connectivity index (χ3v) is 6.34. The molecule has 1 amide bonds. The molecule has 184 valence electrons. The van der Waals surface area contributed by atoms with E-state index in [1.54, 1.807) is 23.4 Å². The van der Waals surface area contributed by atoms with E-state index in [9.17, 15) is 9.90 Å². The summed E-state index contributed by atoms with van der Waals surface area (Å²) in [6.45, 7) is 5.99. The molecule has 2 N–H and O–H groups in total. The van der Waals surface area contributed by atoms with E-state index in [2.05, 4.69) is 25.2 Å². The van der Waals surface area contributed by atoms with Crippen LogP contribution in [-0.4, -0.2) is 45.6 Å². The zero-order valence-electron chi connectivity index (χ0n) is 20.6. The van der Waals surface area contributed by atoms with E-state index in [-0.39, 0.29) is 11.8 Å². The van der Waals surface area contributed by atoms with Crippen LogP contribution in [0.15, 0.2) is 60.9 Å². The maximum absolute atomic E-state index is 12.2. The minimum absolute atomic E-state index is 0.114. The number of fused-ring (bicyclic) bond motifs is 1. The van der Waals surface area contributed by atoms with Crippen molar-refractivity contribution < 1.29 is 9.90 Å². The lowest BCUT2D eigenvalue weighted by molar-refractivity contribution is -0.106. The number of piperidine rings is 1. The second kappa shape index (κ2) is 10.2. The van der Waals surface area contributed by atoms with Crippen LogP contribution >= 0.6 is 0 Å². The van der Waals surface area contributed by atoms with Crippen molar-refractivity contribution >= 4 is 40.5 Å². The highest BCUT2D eigenvalue weighted by molar-refractivity contribution is 5.91. The molecule has 1 aliphatic rings. The van der Waals surface area contributed by atoms with Crippen molar-refractivity contribution in [3.05, 3.63) is 60.9 Å². The summed E-state index contributed by atoms with van der Waals surface area (Å²) < 4.78 is 0. The summed E-state index contributed by atoms with van der Waals surface area (Å²) in [6, 6.07) is 15.1. The summed E-state index contributed by atoms with van der Waals surface area (Å²) in [6.07, 6.45) is 7.86. The van der Waals surface area contributed by atoms with E-state index >= 15 is 0 Å². The first-order chi connectivity index (χ1) is 17.5. The zero-order chi connectivity index (χ0) is 25.1. The number of phenols is 1. The molecule has 0 radical (unpaired) electrons.